The summed E-state index contributed by atoms with van der Waals surface area (Å²) in [6.45, 7) is 7.68. The van der Waals surface area contributed by atoms with E-state index in [1.165, 1.54) is 4.88 Å². The second kappa shape index (κ2) is 9.55. The predicted octanol–water partition coefficient (Wildman–Crippen LogP) is 3.74. The number of amides is 2. The molecule has 29 heavy (non-hydrogen) atoms. The topological polar surface area (TPSA) is 58.6 Å². The Morgan fingerprint density at radius 1 is 1.24 bits per heavy atom. The number of thiophene rings is 1. The van der Waals surface area contributed by atoms with Gasteiger partial charge in [-0.15, -0.1) is 11.3 Å². The molecule has 6 heteroatoms. The SMILES string of the molecule is CCNC(=O)[C@@]1(Cc2ccc(-c3cccs3)cc2)CN(C(=O)CC(C)C)CCO1. The van der Waals surface area contributed by atoms with Gasteiger partial charge in [-0.3, -0.25) is 9.59 Å². The summed E-state index contributed by atoms with van der Waals surface area (Å²) in [5, 5.41) is 4.97. The van der Waals surface area contributed by atoms with Crippen molar-refractivity contribution >= 4 is 23.2 Å². The fourth-order valence-electron chi connectivity index (χ4n) is 3.68. The zero-order chi connectivity index (χ0) is 20.9. The Bertz CT molecular complexity index is 817. The van der Waals surface area contributed by atoms with Crippen LogP contribution in [0.3, 0.4) is 0 Å². The number of nitrogens with zero attached hydrogens (tertiary/aromatic N) is 1. The quantitative estimate of drug-likeness (QED) is 0.751. The number of nitrogens with one attached hydrogen (secondary N) is 1. The second-order valence-electron chi connectivity index (χ2n) is 7.97. The fourth-order valence-corrected chi connectivity index (χ4v) is 4.41. The Kier molecular flexibility index (Phi) is 7.09. The molecule has 1 aromatic carbocycles. The molecule has 3 rings (SSSR count). The Morgan fingerprint density at radius 3 is 2.62 bits per heavy atom. The van der Waals surface area contributed by atoms with E-state index in [4.69, 9.17) is 4.74 Å². The lowest BCUT2D eigenvalue weighted by Gasteiger charge is -2.42. The number of carbonyl (C=O) groups excluding carboxylic acids is 2. The van der Waals surface area contributed by atoms with Crippen LogP contribution >= 0.6 is 11.3 Å². The first-order valence-electron chi connectivity index (χ1n) is 10.3. The van der Waals surface area contributed by atoms with Gasteiger partial charge in [-0.1, -0.05) is 44.2 Å². The molecule has 2 heterocycles. The van der Waals surface area contributed by atoms with Crippen molar-refractivity contribution < 1.29 is 14.3 Å². The lowest BCUT2D eigenvalue weighted by Crippen LogP contribution is -2.62. The molecule has 2 aromatic rings. The Balaban J connectivity index is 1.81. The van der Waals surface area contributed by atoms with E-state index in [0.717, 1.165) is 11.1 Å². The highest BCUT2D eigenvalue weighted by molar-refractivity contribution is 7.13. The number of hydrogen-bond acceptors (Lipinski definition) is 4. The van der Waals surface area contributed by atoms with Crippen molar-refractivity contribution in [1.29, 1.82) is 0 Å². The first-order chi connectivity index (χ1) is 13.9. The molecule has 1 aromatic heterocycles. The standard InChI is InChI=1S/C23H30N2O3S/c1-4-24-22(27)23(16-25(11-12-28-23)21(26)14-17(2)3)15-18-7-9-19(10-8-18)20-6-5-13-29-20/h5-10,13,17H,4,11-12,14-16H2,1-3H3,(H,24,27)/t23-/m1/s1. The number of morpholine rings is 1. The average molecular weight is 415 g/mol. The van der Waals surface area contributed by atoms with Crippen molar-refractivity contribution in [2.24, 2.45) is 5.92 Å². The first-order valence-corrected chi connectivity index (χ1v) is 11.1. The lowest BCUT2D eigenvalue weighted by atomic mass is 9.90. The van der Waals surface area contributed by atoms with E-state index in [2.05, 4.69) is 28.9 Å². The Hall–Kier alpha value is -2.18. The molecule has 0 spiro atoms. The number of benzene rings is 1. The van der Waals surface area contributed by atoms with E-state index >= 15 is 0 Å². The summed E-state index contributed by atoms with van der Waals surface area (Å²) in [6, 6.07) is 12.4. The molecule has 1 aliphatic heterocycles. The molecule has 1 saturated heterocycles. The summed E-state index contributed by atoms with van der Waals surface area (Å²) in [5.74, 6) is 0.225. The summed E-state index contributed by atoms with van der Waals surface area (Å²) in [6.07, 6.45) is 0.927. The van der Waals surface area contributed by atoms with Gasteiger partial charge in [-0.05, 0) is 35.4 Å². The van der Waals surface area contributed by atoms with Crippen LogP contribution in [0.2, 0.25) is 0 Å². The van der Waals surface area contributed by atoms with E-state index in [1.807, 2.05) is 39.0 Å². The molecule has 0 unspecified atom stereocenters. The molecule has 156 valence electrons. The van der Waals surface area contributed by atoms with Gasteiger partial charge in [0, 0.05) is 30.8 Å². The molecule has 0 bridgehead atoms. The minimum absolute atomic E-state index is 0.0880. The highest BCUT2D eigenvalue weighted by atomic mass is 32.1. The maximum absolute atomic E-state index is 13.0. The highest BCUT2D eigenvalue weighted by Gasteiger charge is 2.44. The van der Waals surface area contributed by atoms with E-state index in [0.29, 0.717) is 32.5 Å². The van der Waals surface area contributed by atoms with Gasteiger partial charge in [-0.2, -0.15) is 0 Å². The lowest BCUT2D eigenvalue weighted by molar-refractivity contribution is -0.166. The third-order valence-electron chi connectivity index (χ3n) is 5.12. The van der Waals surface area contributed by atoms with Gasteiger partial charge in [-0.25, -0.2) is 0 Å². The summed E-state index contributed by atoms with van der Waals surface area (Å²) < 4.78 is 6.07. The summed E-state index contributed by atoms with van der Waals surface area (Å²) >= 11 is 1.70. The van der Waals surface area contributed by atoms with E-state index < -0.39 is 5.60 Å². The Labute approximate surface area is 177 Å². The maximum Gasteiger partial charge on any atom is 0.254 e. The average Bonchev–Trinajstić information content (AvgIpc) is 3.23. The summed E-state index contributed by atoms with van der Waals surface area (Å²) in [4.78, 5) is 28.6. The largest absolute Gasteiger partial charge is 0.361 e. The molecule has 5 nitrogen and oxygen atoms in total. The van der Waals surface area contributed by atoms with Crippen LogP contribution in [0.4, 0.5) is 0 Å². The van der Waals surface area contributed by atoms with Gasteiger partial charge in [0.05, 0.1) is 13.2 Å². The Morgan fingerprint density at radius 2 is 2.00 bits per heavy atom. The number of ether oxygens (including phenoxy) is 1. The zero-order valence-corrected chi connectivity index (χ0v) is 18.3. The molecule has 1 fully saturated rings. The number of hydrogen-bond donors (Lipinski definition) is 1. The van der Waals surface area contributed by atoms with E-state index in [9.17, 15) is 9.59 Å². The minimum Gasteiger partial charge on any atom is -0.361 e. The van der Waals surface area contributed by atoms with Crippen LogP contribution in [-0.4, -0.2) is 48.6 Å². The number of likely N-dealkylation sites (N-methyl/N-ethyl adjacent to an activating group) is 1. The smallest absolute Gasteiger partial charge is 0.254 e. The predicted molar refractivity (Wildman–Crippen MR) is 117 cm³/mol. The van der Waals surface area contributed by atoms with Crippen LogP contribution in [0, 0.1) is 5.92 Å². The molecule has 2 amide bonds. The highest BCUT2D eigenvalue weighted by Crippen LogP contribution is 2.28. The van der Waals surface area contributed by atoms with Crippen molar-refractivity contribution in [3.63, 3.8) is 0 Å². The van der Waals surface area contributed by atoms with Crippen LogP contribution in [0.1, 0.15) is 32.8 Å². The van der Waals surface area contributed by atoms with Crippen LogP contribution in [0.5, 0.6) is 0 Å². The number of rotatable bonds is 7. The van der Waals surface area contributed by atoms with Gasteiger partial charge in [0.1, 0.15) is 0 Å². The summed E-state index contributed by atoms with van der Waals surface area (Å²) in [7, 11) is 0. The minimum atomic E-state index is -1.05. The van der Waals surface area contributed by atoms with Crippen molar-refractivity contribution in [3.8, 4) is 10.4 Å². The van der Waals surface area contributed by atoms with Crippen LogP contribution < -0.4 is 5.32 Å². The van der Waals surface area contributed by atoms with Gasteiger partial charge < -0.3 is 15.0 Å². The number of carbonyl (C=O) groups is 2. The van der Waals surface area contributed by atoms with E-state index in [1.54, 1.807) is 16.2 Å². The maximum atomic E-state index is 13.0. The third-order valence-corrected chi connectivity index (χ3v) is 6.04. The third kappa shape index (κ3) is 5.25. The van der Waals surface area contributed by atoms with Gasteiger partial charge in [0.15, 0.2) is 5.60 Å². The van der Waals surface area contributed by atoms with Gasteiger partial charge >= 0.3 is 0 Å². The van der Waals surface area contributed by atoms with Gasteiger partial charge in [0.2, 0.25) is 5.91 Å². The molecule has 0 aliphatic carbocycles. The van der Waals surface area contributed by atoms with Crippen molar-refractivity contribution in [1.82, 2.24) is 10.2 Å². The van der Waals surface area contributed by atoms with Crippen molar-refractivity contribution in [2.45, 2.75) is 39.2 Å². The van der Waals surface area contributed by atoms with Crippen molar-refractivity contribution in [3.05, 3.63) is 47.3 Å². The second-order valence-corrected chi connectivity index (χ2v) is 8.91. The molecule has 1 N–H and O–H groups in total. The molecular formula is C23H30N2O3S. The molecular weight excluding hydrogens is 384 g/mol. The van der Waals surface area contributed by atoms with Crippen LogP contribution in [-0.2, 0) is 20.7 Å². The molecule has 0 saturated carbocycles. The monoisotopic (exact) mass is 414 g/mol. The van der Waals surface area contributed by atoms with Crippen molar-refractivity contribution in [2.75, 3.05) is 26.2 Å². The summed E-state index contributed by atoms with van der Waals surface area (Å²) in [5.41, 5.74) is 1.13. The zero-order valence-electron chi connectivity index (χ0n) is 17.4. The van der Waals surface area contributed by atoms with E-state index in [-0.39, 0.29) is 24.3 Å². The molecule has 0 radical (unpaired) electrons. The first kappa shape index (κ1) is 21.5. The van der Waals surface area contributed by atoms with Gasteiger partial charge in [0.25, 0.3) is 5.91 Å². The van der Waals surface area contributed by atoms with Crippen LogP contribution in [0.25, 0.3) is 10.4 Å². The molecule has 1 atom stereocenters. The molecule has 1 aliphatic rings. The normalized spacial score (nSPS) is 19.4. The fraction of sp³-hybridized carbons (Fsp3) is 0.478. The van der Waals surface area contributed by atoms with Crippen LogP contribution in [0.15, 0.2) is 41.8 Å².